The average molecular weight is 311 g/mol. The van der Waals surface area contributed by atoms with Crippen LogP contribution in [0.25, 0.3) is 0 Å². The largest absolute Gasteiger partial charge is 0.473 e. The molecule has 0 atom stereocenters. The molecule has 20 heavy (non-hydrogen) atoms. The second-order valence-corrected chi connectivity index (χ2v) is 5.44. The van der Waals surface area contributed by atoms with Crippen LogP contribution in [0.2, 0.25) is 10.0 Å². The second-order valence-electron chi connectivity index (χ2n) is 4.62. The number of nitrogens with one attached hydrogen (secondary N) is 1. The van der Waals surface area contributed by atoms with Crippen LogP contribution < -0.4 is 10.1 Å². The van der Waals surface area contributed by atoms with E-state index in [1.807, 2.05) is 38.1 Å². The standard InChI is InChI=1S/C15H16Cl2N2O/c1-10(2)20-15-14(4-3-7-18-15)19-9-11-5-6-12(16)13(17)8-11/h3-8,10,19H,9H2,1-2H3. The van der Waals surface area contributed by atoms with Crippen molar-refractivity contribution >= 4 is 28.9 Å². The Balaban J connectivity index is 2.08. The van der Waals surface area contributed by atoms with E-state index in [1.165, 1.54) is 0 Å². The molecule has 5 heteroatoms. The minimum Gasteiger partial charge on any atom is -0.473 e. The Hall–Kier alpha value is -1.45. The minimum atomic E-state index is 0.0791. The van der Waals surface area contributed by atoms with E-state index >= 15 is 0 Å². The summed E-state index contributed by atoms with van der Waals surface area (Å²) < 4.78 is 5.66. The maximum atomic E-state index is 6.00. The van der Waals surface area contributed by atoms with E-state index in [9.17, 15) is 0 Å². The summed E-state index contributed by atoms with van der Waals surface area (Å²) >= 11 is 11.9. The molecule has 1 heterocycles. The molecule has 0 radical (unpaired) electrons. The Bertz CT molecular complexity index is 588. The van der Waals surface area contributed by atoms with Gasteiger partial charge in [-0.25, -0.2) is 4.98 Å². The Morgan fingerprint density at radius 3 is 2.70 bits per heavy atom. The molecule has 106 valence electrons. The molecule has 2 rings (SSSR count). The zero-order valence-corrected chi connectivity index (χ0v) is 12.9. The van der Waals surface area contributed by atoms with E-state index < -0.39 is 0 Å². The van der Waals surface area contributed by atoms with Gasteiger partial charge in [0.1, 0.15) is 0 Å². The molecule has 0 fully saturated rings. The Morgan fingerprint density at radius 1 is 1.20 bits per heavy atom. The fraction of sp³-hybridized carbons (Fsp3) is 0.267. The van der Waals surface area contributed by atoms with Gasteiger partial charge in [0.05, 0.1) is 21.8 Å². The quantitative estimate of drug-likeness (QED) is 0.862. The maximum Gasteiger partial charge on any atom is 0.237 e. The van der Waals surface area contributed by atoms with Crippen molar-refractivity contribution in [3.63, 3.8) is 0 Å². The van der Waals surface area contributed by atoms with Crippen molar-refractivity contribution in [2.75, 3.05) is 5.32 Å². The van der Waals surface area contributed by atoms with E-state index in [4.69, 9.17) is 27.9 Å². The third-order valence-electron chi connectivity index (χ3n) is 2.59. The first-order valence-electron chi connectivity index (χ1n) is 6.35. The number of nitrogens with zero attached hydrogens (tertiary/aromatic N) is 1. The number of ether oxygens (including phenoxy) is 1. The lowest BCUT2D eigenvalue weighted by Crippen LogP contribution is -2.10. The lowest BCUT2D eigenvalue weighted by Gasteiger charge is -2.14. The molecule has 0 aliphatic carbocycles. The topological polar surface area (TPSA) is 34.1 Å². The molecule has 0 saturated heterocycles. The lowest BCUT2D eigenvalue weighted by molar-refractivity contribution is 0.234. The number of benzene rings is 1. The first kappa shape index (κ1) is 14.9. The highest BCUT2D eigenvalue weighted by molar-refractivity contribution is 6.42. The summed E-state index contributed by atoms with van der Waals surface area (Å²) in [4.78, 5) is 4.23. The number of hydrogen-bond donors (Lipinski definition) is 1. The van der Waals surface area contributed by atoms with E-state index in [1.54, 1.807) is 12.3 Å². The molecule has 0 aliphatic rings. The van der Waals surface area contributed by atoms with Gasteiger partial charge < -0.3 is 10.1 Å². The van der Waals surface area contributed by atoms with Crippen molar-refractivity contribution < 1.29 is 4.74 Å². The normalized spacial score (nSPS) is 10.7. The lowest BCUT2D eigenvalue weighted by atomic mass is 10.2. The summed E-state index contributed by atoms with van der Waals surface area (Å²) in [5.41, 5.74) is 1.89. The molecule has 1 N–H and O–H groups in total. The SMILES string of the molecule is CC(C)Oc1ncccc1NCc1ccc(Cl)c(Cl)c1. The Morgan fingerprint density at radius 2 is 2.00 bits per heavy atom. The number of aromatic nitrogens is 1. The van der Waals surface area contributed by atoms with Gasteiger partial charge in [-0.15, -0.1) is 0 Å². The van der Waals surface area contributed by atoms with E-state index in [0.29, 0.717) is 22.5 Å². The van der Waals surface area contributed by atoms with Gasteiger partial charge in [-0.1, -0.05) is 29.3 Å². The zero-order chi connectivity index (χ0) is 14.5. The van der Waals surface area contributed by atoms with Crippen LogP contribution in [0.5, 0.6) is 5.88 Å². The predicted molar refractivity (Wildman–Crippen MR) is 83.8 cm³/mol. The highest BCUT2D eigenvalue weighted by atomic mass is 35.5. The van der Waals surface area contributed by atoms with Crippen LogP contribution in [0.15, 0.2) is 36.5 Å². The van der Waals surface area contributed by atoms with Crippen LogP contribution in [0.3, 0.4) is 0 Å². The first-order valence-corrected chi connectivity index (χ1v) is 7.11. The maximum absolute atomic E-state index is 6.00. The third-order valence-corrected chi connectivity index (χ3v) is 3.32. The molecule has 1 aromatic heterocycles. The van der Waals surface area contributed by atoms with Crippen LogP contribution in [-0.2, 0) is 6.54 Å². The summed E-state index contributed by atoms with van der Waals surface area (Å²) in [5.74, 6) is 0.600. The molecule has 3 nitrogen and oxygen atoms in total. The van der Waals surface area contributed by atoms with Gasteiger partial charge in [0, 0.05) is 12.7 Å². The van der Waals surface area contributed by atoms with Crippen molar-refractivity contribution in [1.82, 2.24) is 4.98 Å². The Kier molecular flexibility index (Phi) is 5.10. The summed E-state index contributed by atoms with van der Waals surface area (Å²) in [6.07, 6.45) is 1.79. The number of hydrogen-bond acceptors (Lipinski definition) is 3. The van der Waals surface area contributed by atoms with Crippen LogP contribution >= 0.6 is 23.2 Å². The molecule has 0 spiro atoms. The predicted octanol–water partition coefficient (Wildman–Crippen LogP) is 4.79. The fourth-order valence-electron chi connectivity index (χ4n) is 1.69. The van der Waals surface area contributed by atoms with Crippen molar-refractivity contribution in [3.05, 3.63) is 52.1 Å². The number of halogens is 2. The van der Waals surface area contributed by atoms with Crippen molar-refractivity contribution in [2.24, 2.45) is 0 Å². The molecule has 0 unspecified atom stereocenters. The highest BCUT2D eigenvalue weighted by Gasteiger charge is 2.07. The molecule has 0 saturated carbocycles. The van der Waals surface area contributed by atoms with Crippen LogP contribution in [-0.4, -0.2) is 11.1 Å². The smallest absolute Gasteiger partial charge is 0.237 e. The summed E-state index contributed by atoms with van der Waals surface area (Å²) in [6.45, 7) is 4.56. The van der Waals surface area contributed by atoms with Gasteiger partial charge in [-0.3, -0.25) is 0 Å². The third kappa shape index (κ3) is 4.02. The minimum absolute atomic E-state index is 0.0791. The zero-order valence-electron chi connectivity index (χ0n) is 11.4. The van der Waals surface area contributed by atoms with Crippen LogP contribution in [0, 0.1) is 0 Å². The van der Waals surface area contributed by atoms with Crippen LogP contribution in [0.4, 0.5) is 5.69 Å². The molecule has 0 aliphatic heterocycles. The van der Waals surface area contributed by atoms with Gasteiger partial charge in [-0.2, -0.15) is 0 Å². The molecule has 0 amide bonds. The van der Waals surface area contributed by atoms with Crippen molar-refractivity contribution in [3.8, 4) is 5.88 Å². The van der Waals surface area contributed by atoms with Gasteiger partial charge >= 0.3 is 0 Å². The van der Waals surface area contributed by atoms with Crippen molar-refractivity contribution in [2.45, 2.75) is 26.5 Å². The second kappa shape index (κ2) is 6.82. The number of pyridine rings is 1. The number of rotatable bonds is 5. The van der Waals surface area contributed by atoms with E-state index in [0.717, 1.165) is 11.3 Å². The highest BCUT2D eigenvalue weighted by Crippen LogP contribution is 2.25. The molecule has 2 aromatic rings. The first-order chi connectivity index (χ1) is 9.56. The molecule has 1 aromatic carbocycles. The molecule has 0 bridgehead atoms. The van der Waals surface area contributed by atoms with Gasteiger partial charge in [0.2, 0.25) is 5.88 Å². The summed E-state index contributed by atoms with van der Waals surface area (Å²) in [5, 5.41) is 4.40. The van der Waals surface area contributed by atoms with Gasteiger partial charge in [0.25, 0.3) is 0 Å². The van der Waals surface area contributed by atoms with E-state index in [2.05, 4.69) is 10.3 Å². The average Bonchev–Trinajstić information content (AvgIpc) is 2.41. The Labute approximate surface area is 128 Å². The number of anilines is 1. The van der Waals surface area contributed by atoms with Crippen molar-refractivity contribution in [1.29, 1.82) is 0 Å². The summed E-state index contributed by atoms with van der Waals surface area (Å²) in [6, 6.07) is 9.36. The van der Waals surface area contributed by atoms with Crippen LogP contribution in [0.1, 0.15) is 19.4 Å². The molecular formula is C15H16Cl2N2O. The monoisotopic (exact) mass is 310 g/mol. The summed E-state index contributed by atoms with van der Waals surface area (Å²) in [7, 11) is 0. The van der Waals surface area contributed by atoms with Gasteiger partial charge in [-0.05, 0) is 43.7 Å². The molecular weight excluding hydrogens is 295 g/mol. The van der Waals surface area contributed by atoms with Gasteiger partial charge in [0.15, 0.2) is 0 Å². The van der Waals surface area contributed by atoms with E-state index in [-0.39, 0.29) is 6.10 Å². The fourth-order valence-corrected chi connectivity index (χ4v) is 2.01.